The van der Waals surface area contributed by atoms with Crippen LogP contribution < -0.4 is 20.9 Å². The zero-order valence-corrected chi connectivity index (χ0v) is 40.1. The standard InChI is InChI=1S/C51H60F3N13O4/c1-62-25-32(26-62)30-14-19-65(20-15-30)40-17-21-66-48(57-40)37(23-55-66)50(70)56-38-27-67(61-43(38)47(53)54)33-10-8-29(9-11-33)24-64-18-16-36-45-51(59-45,39(52)28-64)46(36)71-22-4-6-31-5-3-7-34-42(60-63(2)44(31)34)35-12-13-41(68)58-49(35)69/h3,5,7,17,21,23,27,29-30,32-33,35-36,39,45-47,59H,8-16,18-20,22,24-26,28H2,1-2H3,(H,56,70)(H,58,68,69)/t29?,33?,35?,36?,39-,45?,46+,51?/m1/s1. The van der Waals surface area contributed by atoms with E-state index in [4.69, 9.17) is 9.72 Å². The van der Waals surface area contributed by atoms with Gasteiger partial charge >= 0.3 is 0 Å². The van der Waals surface area contributed by atoms with Crippen LogP contribution in [0, 0.1) is 35.5 Å². The number of fused-ring (bicyclic) bond motifs is 6. The maximum Gasteiger partial charge on any atom is 0.284 e. The minimum absolute atomic E-state index is 0.0235. The number of ether oxygens (including phenoxy) is 1. The molecule has 6 atom stereocenters. The number of hydrogen-bond acceptors (Lipinski definition) is 12. The number of carbonyl (C=O) groups is 3. The molecule has 10 heterocycles. The molecule has 3 N–H and O–H groups in total. The van der Waals surface area contributed by atoms with Crippen LogP contribution in [0.1, 0.15) is 103 Å². The third-order valence-electron chi connectivity index (χ3n) is 17.0. The monoisotopic (exact) mass is 975 g/mol. The van der Waals surface area contributed by atoms with Gasteiger partial charge in [-0.2, -0.15) is 15.3 Å². The van der Waals surface area contributed by atoms with E-state index in [1.54, 1.807) is 15.6 Å². The lowest BCUT2D eigenvalue weighted by atomic mass is 9.66. The number of imide groups is 1. The first kappa shape index (κ1) is 46.2. The summed E-state index contributed by atoms with van der Waals surface area (Å²) in [5.74, 6) is 7.45. The highest BCUT2D eigenvalue weighted by Crippen LogP contribution is 2.57. The number of benzene rings is 1. The normalized spacial score (nSPS) is 29.5. The van der Waals surface area contributed by atoms with Crippen LogP contribution >= 0.6 is 0 Å². The summed E-state index contributed by atoms with van der Waals surface area (Å²) in [6, 6.07) is 7.61. The molecule has 20 heteroatoms. The minimum atomic E-state index is -2.89. The maximum atomic E-state index is 16.3. The zero-order valence-electron chi connectivity index (χ0n) is 40.1. The number of halogens is 3. The highest BCUT2D eigenvalue weighted by Gasteiger charge is 2.78. The molecule has 6 saturated heterocycles. The Balaban J connectivity index is 0.635. The second kappa shape index (κ2) is 18.3. The fourth-order valence-corrected chi connectivity index (χ4v) is 13.1. The van der Waals surface area contributed by atoms with Crippen LogP contribution in [0.4, 0.5) is 24.7 Å². The van der Waals surface area contributed by atoms with Crippen LogP contribution in [0.25, 0.3) is 16.6 Å². The number of likely N-dealkylation sites (tertiary alicyclic amines) is 1. The Hall–Kier alpha value is -5.88. The van der Waals surface area contributed by atoms with Crippen molar-refractivity contribution in [1.82, 2.24) is 54.6 Å². The second-order valence-corrected chi connectivity index (χ2v) is 21.2. The Bertz CT molecular complexity index is 2940. The average molecular weight is 976 g/mol. The largest absolute Gasteiger partial charge is 0.363 e. The molecule has 2 aliphatic carbocycles. The van der Waals surface area contributed by atoms with Gasteiger partial charge < -0.3 is 24.8 Å². The van der Waals surface area contributed by atoms with E-state index in [-0.39, 0.29) is 60.2 Å². The number of rotatable bonds is 11. The second-order valence-electron chi connectivity index (χ2n) is 21.2. The Morgan fingerprint density at radius 1 is 0.986 bits per heavy atom. The van der Waals surface area contributed by atoms with Crippen molar-refractivity contribution in [2.24, 2.45) is 30.7 Å². The zero-order chi connectivity index (χ0) is 48.7. The van der Waals surface area contributed by atoms with Crippen molar-refractivity contribution >= 4 is 45.8 Å². The summed E-state index contributed by atoms with van der Waals surface area (Å²) in [5.41, 5.74) is 1.55. The van der Waals surface area contributed by atoms with Crippen molar-refractivity contribution in [3.05, 3.63) is 65.4 Å². The lowest BCUT2D eigenvalue weighted by Crippen LogP contribution is -2.63. The number of para-hydroxylation sites is 1. The van der Waals surface area contributed by atoms with Gasteiger partial charge in [-0.3, -0.25) is 34.4 Å². The molecule has 8 fully saturated rings. The molecule has 6 aliphatic heterocycles. The molecule has 3 amide bonds. The highest BCUT2D eigenvalue weighted by atomic mass is 19.3. The van der Waals surface area contributed by atoms with Gasteiger partial charge in [-0.25, -0.2) is 22.7 Å². The van der Waals surface area contributed by atoms with Gasteiger partial charge in [0.2, 0.25) is 11.8 Å². The number of alkyl halides is 3. The summed E-state index contributed by atoms with van der Waals surface area (Å²) < 4.78 is 56.5. The van der Waals surface area contributed by atoms with E-state index in [2.05, 4.69) is 64.8 Å². The molecule has 8 aliphatic rings. The van der Waals surface area contributed by atoms with E-state index in [1.165, 1.54) is 16.9 Å². The summed E-state index contributed by atoms with van der Waals surface area (Å²) >= 11 is 0. The summed E-state index contributed by atoms with van der Waals surface area (Å²) in [4.78, 5) is 49.8. The van der Waals surface area contributed by atoms with Gasteiger partial charge in [-0.1, -0.05) is 24.0 Å². The topological polar surface area (TPSA) is 182 Å². The molecule has 1 spiro atoms. The van der Waals surface area contributed by atoms with Crippen molar-refractivity contribution < 1.29 is 32.3 Å². The van der Waals surface area contributed by atoms with E-state index in [9.17, 15) is 23.2 Å². The first-order chi connectivity index (χ1) is 34.4. The number of anilines is 2. The molecule has 374 valence electrons. The lowest BCUT2D eigenvalue weighted by molar-refractivity contribution is -0.134. The van der Waals surface area contributed by atoms with Crippen molar-refractivity contribution in [3.8, 4) is 11.8 Å². The van der Waals surface area contributed by atoms with Crippen LogP contribution in [0.5, 0.6) is 0 Å². The van der Waals surface area contributed by atoms with Gasteiger partial charge in [-0.05, 0) is 94.8 Å². The summed E-state index contributed by atoms with van der Waals surface area (Å²) in [7, 11) is 3.98. The Kier molecular flexibility index (Phi) is 11.9. The lowest BCUT2D eigenvalue weighted by Gasteiger charge is -2.47. The molecular formula is C51H60F3N13O4. The van der Waals surface area contributed by atoms with E-state index in [0.717, 1.165) is 112 Å². The molecule has 1 aromatic carbocycles. The smallest absolute Gasteiger partial charge is 0.284 e. The molecule has 4 unspecified atom stereocenters. The minimum Gasteiger partial charge on any atom is -0.363 e. The number of nitrogens with one attached hydrogen (secondary N) is 3. The van der Waals surface area contributed by atoms with Gasteiger partial charge in [0.25, 0.3) is 12.3 Å². The number of aryl methyl sites for hydroxylation is 1. The Morgan fingerprint density at radius 2 is 1.80 bits per heavy atom. The molecule has 71 heavy (non-hydrogen) atoms. The van der Waals surface area contributed by atoms with Crippen molar-refractivity contribution in [1.29, 1.82) is 0 Å². The van der Waals surface area contributed by atoms with Gasteiger partial charge in [-0.15, -0.1) is 0 Å². The van der Waals surface area contributed by atoms with Crippen LogP contribution in [-0.4, -0.2) is 145 Å². The average Bonchev–Trinajstić information content (AvgIpc) is 3.64. The number of aromatic nitrogens is 7. The third kappa shape index (κ3) is 8.35. The number of carbonyl (C=O) groups excluding carboxylic acids is 3. The van der Waals surface area contributed by atoms with Gasteiger partial charge in [0.05, 0.1) is 52.3 Å². The Labute approximate surface area is 409 Å². The van der Waals surface area contributed by atoms with Crippen LogP contribution in [-0.2, 0) is 21.4 Å². The molecule has 2 bridgehead atoms. The Morgan fingerprint density at radius 3 is 2.58 bits per heavy atom. The molecular weight excluding hydrogens is 916 g/mol. The van der Waals surface area contributed by atoms with Gasteiger partial charge in [0, 0.05) is 82.5 Å². The fourth-order valence-electron chi connectivity index (χ4n) is 13.1. The van der Waals surface area contributed by atoms with Crippen molar-refractivity contribution in [2.75, 3.05) is 69.7 Å². The molecule has 0 radical (unpaired) electrons. The van der Waals surface area contributed by atoms with Crippen molar-refractivity contribution in [3.63, 3.8) is 0 Å². The van der Waals surface area contributed by atoms with Crippen LogP contribution in [0.2, 0.25) is 0 Å². The summed E-state index contributed by atoms with van der Waals surface area (Å²) in [5, 5.41) is 22.7. The third-order valence-corrected chi connectivity index (χ3v) is 17.0. The van der Waals surface area contributed by atoms with E-state index in [0.29, 0.717) is 36.1 Å². The maximum absolute atomic E-state index is 16.3. The van der Waals surface area contributed by atoms with E-state index in [1.807, 2.05) is 31.3 Å². The fraction of sp³-hybridized carbons (Fsp3) is 0.588. The first-order valence-electron chi connectivity index (χ1n) is 25.4. The molecule has 13 rings (SSSR count). The summed E-state index contributed by atoms with van der Waals surface area (Å²) in [6.45, 7) is 6.07. The first-order valence-corrected chi connectivity index (χ1v) is 25.4. The van der Waals surface area contributed by atoms with E-state index < -0.39 is 35.7 Å². The van der Waals surface area contributed by atoms with Crippen LogP contribution in [0.15, 0.2) is 42.9 Å². The SMILES string of the molecule is CN1CC(C2CCN(c3ccn4ncc(C(=O)Nc5cn(C6CCC(CN7CCC8C9NC9([C@H](F)C7)[C@H]8OCC#Cc7cccc8c(C9CCC(=O)NC9=O)nn(C)c78)CC6)nc5C(F)F)c4n3)CC2)C1. The quantitative estimate of drug-likeness (QED) is 0.0932. The highest BCUT2D eigenvalue weighted by molar-refractivity contribution is 6.08. The number of nitrogens with zero attached hydrogens (tertiary/aromatic N) is 10. The van der Waals surface area contributed by atoms with Gasteiger partial charge in [0.15, 0.2) is 11.3 Å². The molecule has 4 aromatic heterocycles. The molecule has 17 nitrogen and oxygen atoms in total. The summed E-state index contributed by atoms with van der Waals surface area (Å²) in [6.07, 6.45) is 7.37. The van der Waals surface area contributed by atoms with Crippen LogP contribution in [0.3, 0.4) is 0 Å². The molecule has 2 saturated carbocycles. The number of hydrogen-bond donors (Lipinski definition) is 3. The van der Waals surface area contributed by atoms with E-state index >= 15 is 4.39 Å². The number of amides is 3. The number of piperidine rings is 2. The molecule has 5 aromatic rings. The van der Waals surface area contributed by atoms with Crippen molar-refractivity contribution in [2.45, 2.75) is 100 Å². The predicted octanol–water partition coefficient (Wildman–Crippen LogP) is 4.85. The van der Waals surface area contributed by atoms with Gasteiger partial charge in [0.1, 0.15) is 24.2 Å². The predicted molar refractivity (Wildman–Crippen MR) is 257 cm³/mol.